The smallest absolute Gasteiger partial charge is 0.309 e. The number of benzene rings is 1. The number of hydrogen-bond acceptors (Lipinski definition) is 3. The number of ether oxygens (including phenoxy) is 1. The van der Waals surface area contributed by atoms with Crippen molar-refractivity contribution < 1.29 is 9.53 Å². The average Bonchev–Trinajstić information content (AvgIpc) is 3.05. The minimum absolute atomic E-state index is 0.0106. The van der Waals surface area contributed by atoms with Gasteiger partial charge in [0, 0.05) is 18.8 Å². The molecule has 1 aliphatic carbocycles. The molecule has 1 unspecified atom stereocenters. The molecule has 1 aliphatic rings. The molecule has 4 heteroatoms. The van der Waals surface area contributed by atoms with Gasteiger partial charge in [-0.05, 0) is 42.6 Å². The van der Waals surface area contributed by atoms with Crippen molar-refractivity contribution in [2.45, 2.75) is 52.6 Å². The summed E-state index contributed by atoms with van der Waals surface area (Å²) < 4.78 is 7.75. The van der Waals surface area contributed by atoms with Gasteiger partial charge in [0.05, 0.1) is 12.1 Å². The van der Waals surface area contributed by atoms with Crippen LogP contribution in [0.1, 0.15) is 63.7 Å². The number of aryl methyl sites for hydroxylation is 1. The summed E-state index contributed by atoms with van der Waals surface area (Å²) in [4.78, 5) is 12.9. The number of carbonyl (C=O) groups is 1. The molecular weight excluding hydrogens is 324 g/mol. The lowest BCUT2D eigenvalue weighted by molar-refractivity contribution is -0.154. The molecule has 3 rings (SSSR count). The zero-order valence-electron chi connectivity index (χ0n) is 16.3. The third kappa shape index (κ3) is 4.35. The second-order valence-corrected chi connectivity index (χ2v) is 8.59. The van der Waals surface area contributed by atoms with Gasteiger partial charge < -0.3 is 4.74 Å². The van der Waals surface area contributed by atoms with Crippen LogP contribution in [0.5, 0.6) is 0 Å². The highest BCUT2D eigenvalue weighted by molar-refractivity contribution is 5.73. The minimum Gasteiger partial charge on any atom is -0.452 e. The average molecular weight is 354 g/mol. The van der Waals surface area contributed by atoms with Gasteiger partial charge in [-0.25, -0.2) is 0 Å². The molecule has 1 fully saturated rings. The maximum atomic E-state index is 12.9. The molecule has 1 atom stereocenters. The Bertz CT molecular complexity index is 722. The van der Waals surface area contributed by atoms with E-state index in [1.54, 1.807) is 10.9 Å². The molecule has 0 saturated heterocycles. The SMILES string of the molecule is Cn1cc(C(OC(=O)C2CCC(C(C)(C)C)CC2)c2ccccc2)cn1. The number of aromatic nitrogens is 2. The lowest BCUT2D eigenvalue weighted by atomic mass is 9.70. The van der Waals surface area contributed by atoms with Crippen LogP contribution in [0.4, 0.5) is 0 Å². The van der Waals surface area contributed by atoms with Crippen LogP contribution < -0.4 is 0 Å². The maximum absolute atomic E-state index is 12.9. The largest absolute Gasteiger partial charge is 0.452 e. The Morgan fingerprint density at radius 3 is 2.31 bits per heavy atom. The van der Waals surface area contributed by atoms with Gasteiger partial charge in [0.1, 0.15) is 0 Å². The predicted octanol–water partition coefficient (Wildman–Crippen LogP) is 4.91. The van der Waals surface area contributed by atoms with Crippen LogP contribution in [0.3, 0.4) is 0 Å². The van der Waals surface area contributed by atoms with E-state index in [1.165, 1.54) is 0 Å². The second-order valence-electron chi connectivity index (χ2n) is 8.59. The molecule has 0 N–H and O–H groups in total. The third-order valence-electron chi connectivity index (χ3n) is 5.65. The summed E-state index contributed by atoms with van der Waals surface area (Å²) in [6.45, 7) is 6.89. The molecule has 0 radical (unpaired) electrons. The zero-order valence-corrected chi connectivity index (χ0v) is 16.3. The normalized spacial score (nSPS) is 22.0. The molecule has 2 aromatic rings. The van der Waals surface area contributed by atoms with Crippen molar-refractivity contribution in [2.75, 3.05) is 0 Å². The van der Waals surface area contributed by atoms with E-state index in [9.17, 15) is 4.79 Å². The Morgan fingerprint density at radius 2 is 1.77 bits per heavy atom. The van der Waals surface area contributed by atoms with E-state index in [1.807, 2.05) is 43.6 Å². The molecule has 140 valence electrons. The first-order valence-corrected chi connectivity index (χ1v) is 9.58. The predicted molar refractivity (Wildman–Crippen MR) is 102 cm³/mol. The van der Waals surface area contributed by atoms with E-state index in [0.717, 1.165) is 36.8 Å². The Labute approximate surface area is 156 Å². The topological polar surface area (TPSA) is 44.1 Å². The van der Waals surface area contributed by atoms with Crippen LogP contribution in [0.25, 0.3) is 0 Å². The maximum Gasteiger partial charge on any atom is 0.309 e. The van der Waals surface area contributed by atoms with E-state index >= 15 is 0 Å². The summed E-state index contributed by atoms with van der Waals surface area (Å²) in [7, 11) is 1.88. The van der Waals surface area contributed by atoms with E-state index in [-0.39, 0.29) is 11.9 Å². The molecule has 1 heterocycles. The van der Waals surface area contributed by atoms with Crippen LogP contribution >= 0.6 is 0 Å². The highest BCUT2D eigenvalue weighted by atomic mass is 16.5. The molecule has 0 spiro atoms. The summed E-state index contributed by atoms with van der Waals surface area (Å²) in [5, 5.41) is 4.25. The fourth-order valence-corrected chi connectivity index (χ4v) is 3.94. The summed E-state index contributed by atoms with van der Waals surface area (Å²) in [5.74, 6) is 0.626. The van der Waals surface area contributed by atoms with Crippen molar-refractivity contribution in [2.24, 2.45) is 24.3 Å². The van der Waals surface area contributed by atoms with Crippen molar-refractivity contribution >= 4 is 5.97 Å². The van der Waals surface area contributed by atoms with Crippen LogP contribution in [0.15, 0.2) is 42.7 Å². The standard InChI is InChI=1S/C22H30N2O2/c1-22(2,3)19-12-10-17(11-13-19)21(25)26-20(16-8-6-5-7-9-16)18-14-23-24(4)15-18/h5-9,14-15,17,19-20H,10-13H2,1-4H3. The molecular formula is C22H30N2O2. The number of nitrogens with zero attached hydrogens (tertiary/aromatic N) is 2. The van der Waals surface area contributed by atoms with Crippen molar-refractivity contribution in [3.63, 3.8) is 0 Å². The highest BCUT2D eigenvalue weighted by Gasteiger charge is 2.34. The summed E-state index contributed by atoms with van der Waals surface area (Å²) in [6.07, 6.45) is 7.36. The van der Waals surface area contributed by atoms with Gasteiger partial charge in [-0.15, -0.1) is 0 Å². The monoisotopic (exact) mass is 354 g/mol. The van der Waals surface area contributed by atoms with Gasteiger partial charge in [0.2, 0.25) is 0 Å². The van der Waals surface area contributed by atoms with Gasteiger partial charge in [0.25, 0.3) is 0 Å². The van der Waals surface area contributed by atoms with E-state index in [2.05, 4.69) is 25.9 Å². The van der Waals surface area contributed by atoms with Crippen molar-refractivity contribution in [3.8, 4) is 0 Å². The molecule has 1 aromatic heterocycles. The molecule has 0 aliphatic heterocycles. The zero-order chi connectivity index (χ0) is 18.7. The molecule has 4 nitrogen and oxygen atoms in total. The van der Waals surface area contributed by atoms with Crippen LogP contribution in [0, 0.1) is 17.3 Å². The first-order valence-electron chi connectivity index (χ1n) is 9.58. The van der Waals surface area contributed by atoms with Crippen molar-refractivity contribution in [3.05, 3.63) is 53.9 Å². The van der Waals surface area contributed by atoms with E-state index in [0.29, 0.717) is 11.3 Å². The lowest BCUT2D eigenvalue weighted by Crippen LogP contribution is -2.30. The lowest BCUT2D eigenvalue weighted by Gasteiger charge is -2.36. The number of rotatable bonds is 4. The first-order chi connectivity index (χ1) is 12.3. The van der Waals surface area contributed by atoms with E-state index in [4.69, 9.17) is 4.74 Å². The number of esters is 1. The Balaban J connectivity index is 1.71. The second kappa shape index (κ2) is 7.65. The van der Waals surface area contributed by atoms with Crippen molar-refractivity contribution in [1.82, 2.24) is 9.78 Å². The van der Waals surface area contributed by atoms with Gasteiger partial charge in [0.15, 0.2) is 6.10 Å². The summed E-state index contributed by atoms with van der Waals surface area (Å²) >= 11 is 0. The molecule has 0 amide bonds. The van der Waals surface area contributed by atoms with Crippen LogP contribution in [-0.4, -0.2) is 15.7 Å². The quantitative estimate of drug-likeness (QED) is 0.733. The number of hydrogen-bond donors (Lipinski definition) is 0. The summed E-state index contributed by atoms with van der Waals surface area (Å²) in [6, 6.07) is 9.92. The van der Waals surface area contributed by atoms with Crippen LogP contribution in [0.2, 0.25) is 0 Å². The van der Waals surface area contributed by atoms with Crippen LogP contribution in [-0.2, 0) is 16.6 Å². The molecule has 1 saturated carbocycles. The third-order valence-corrected chi connectivity index (χ3v) is 5.65. The first kappa shape index (κ1) is 18.7. The summed E-state index contributed by atoms with van der Waals surface area (Å²) in [5.41, 5.74) is 2.21. The van der Waals surface area contributed by atoms with Gasteiger partial charge in [-0.3, -0.25) is 9.48 Å². The Morgan fingerprint density at radius 1 is 1.12 bits per heavy atom. The minimum atomic E-state index is -0.391. The fourth-order valence-electron chi connectivity index (χ4n) is 3.94. The highest BCUT2D eigenvalue weighted by Crippen LogP contribution is 2.40. The molecule has 0 bridgehead atoms. The number of carbonyl (C=O) groups excluding carboxylic acids is 1. The molecule has 1 aromatic carbocycles. The van der Waals surface area contributed by atoms with Gasteiger partial charge in [-0.1, -0.05) is 51.1 Å². The molecule has 26 heavy (non-hydrogen) atoms. The van der Waals surface area contributed by atoms with Gasteiger partial charge in [-0.2, -0.15) is 5.10 Å². The Hall–Kier alpha value is -2.10. The van der Waals surface area contributed by atoms with E-state index < -0.39 is 6.10 Å². The Kier molecular flexibility index (Phi) is 5.49. The van der Waals surface area contributed by atoms with Crippen molar-refractivity contribution in [1.29, 1.82) is 0 Å². The fraction of sp³-hybridized carbons (Fsp3) is 0.545. The van der Waals surface area contributed by atoms with Gasteiger partial charge >= 0.3 is 5.97 Å².